The number of hydrogen-bond donors (Lipinski definition) is 1. The van der Waals surface area contributed by atoms with Gasteiger partial charge in [-0.3, -0.25) is 9.80 Å². The number of cyclic esters (lactones) is 1. The summed E-state index contributed by atoms with van der Waals surface area (Å²) in [5, 5.41) is 0. The Morgan fingerprint density at radius 3 is 2.27 bits per heavy atom. The van der Waals surface area contributed by atoms with Crippen LogP contribution in [0.3, 0.4) is 0 Å². The molecule has 3 fully saturated rings. The zero-order chi connectivity index (χ0) is 18.3. The van der Waals surface area contributed by atoms with Gasteiger partial charge in [0.05, 0.1) is 31.5 Å². The molecule has 3 aliphatic heterocycles. The number of rotatable bonds is 4. The second kappa shape index (κ2) is 6.98. The summed E-state index contributed by atoms with van der Waals surface area (Å²) < 4.78 is 39.6. The van der Waals surface area contributed by atoms with Gasteiger partial charge in [0.1, 0.15) is 11.8 Å². The van der Waals surface area contributed by atoms with Crippen LogP contribution in [0, 0.1) is 11.6 Å². The van der Waals surface area contributed by atoms with Gasteiger partial charge in [-0.25, -0.2) is 13.6 Å². The van der Waals surface area contributed by atoms with Gasteiger partial charge in [0.25, 0.3) is 0 Å². The van der Waals surface area contributed by atoms with E-state index in [1.165, 1.54) is 17.0 Å². The predicted octanol–water partition coefficient (Wildman–Crippen LogP) is 0.769. The summed E-state index contributed by atoms with van der Waals surface area (Å²) in [5.41, 5.74) is 5.60. The van der Waals surface area contributed by atoms with Gasteiger partial charge in [0.2, 0.25) is 0 Å². The lowest BCUT2D eigenvalue weighted by Gasteiger charge is -2.43. The van der Waals surface area contributed by atoms with Crippen molar-refractivity contribution in [2.45, 2.75) is 12.1 Å². The molecule has 3 saturated heterocycles. The molecule has 26 heavy (non-hydrogen) atoms. The number of nitrogens with zero attached hydrogens (tertiary/aromatic N) is 3. The van der Waals surface area contributed by atoms with Crippen molar-refractivity contribution in [3.05, 3.63) is 23.8 Å². The van der Waals surface area contributed by atoms with Crippen molar-refractivity contribution in [1.29, 1.82) is 0 Å². The van der Waals surface area contributed by atoms with E-state index in [0.29, 0.717) is 19.1 Å². The first-order chi connectivity index (χ1) is 12.6. The van der Waals surface area contributed by atoms with E-state index in [0.717, 1.165) is 26.3 Å². The Labute approximate surface area is 150 Å². The average molecular weight is 368 g/mol. The van der Waals surface area contributed by atoms with Gasteiger partial charge in [-0.1, -0.05) is 0 Å². The number of amides is 1. The molecular weight excluding hydrogens is 346 g/mol. The van der Waals surface area contributed by atoms with Crippen molar-refractivity contribution >= 4 is 17.5 Å². The molecule has 0 aromatic heterocycles. The maximum Gasteiger partial charge on any atom is 0.414 e. The molecule has 1 amide bonds. The summed E-state index contributed by atoms with van der Waals surface area (Å²) in [7, 11) is 0. The standard InChI is InChI=1S/C17H22F2N4O3/c18-14-5-11(23-8-13(7-20)26-17(23)24)6-15(19)16(14)22-3-1-21(2-4-22)12-9-25-10-12/h5-6,12-13H,1-4,7-10,20H2. The lowest BCUT2D eigenvalue weighted by molar-refractivity contribution is -0.0661. The summed E-state index contributed by atoms with van der Waals surface area (Å²) >= 11 is 0. The quantitative estimate of drug-likeness (QED) is 0.847. The Morgan fingerprint density at radius 2 is 1.77 bits per heavy atom. The van der Waals surface area contributed by atoms with E-state index in [9.17, 15) is 13.6 Å². The number of anilines is 2. The van der Waals surface area contributed by atoms with Crippen LogP contribution in [0.25, 0.3) is 0 Å². The number of piperazine rings is 1. The minimum Gasteiger partial charge on any atom is -0.443 e. The van der Waals surface area contributed by atoms with Crippen molar-refractivity contribution in [1.82, 2.24) is 4.90 Å². The molecule has 9 heteroatoms. The number of halogens is 2. The first-order valence-electron chi connectivity index (χ1n) is 8.81. The second-order valence-electron chi connectivity index (χ2n) is 6.82. The number of hydrogen-bond acceptors (Lipinski definition) is 6. The van der Waals surface area contributed by atoms with Crippen LogP contribution < -0.4 is 15.5 Å². The highest BCUT2D eigenvalue weighted by Crippen LogP contribution is 2.31. The minimum atomic E-state index is -0.676. The lowest BCUT2D eigenvalue weighted by Crippen LogP contribution is -2.56. The molecular formula is C17H22F2N4O3. The van der Waals surface area contributed by atoms with Crippen molar-refractivity contribution < 1.29 is 23.0 Å². The summed E-state index contributed by atoms with van der Waals surface area (Å²) in [5.74, 6) is -1.35. The lowest BCUT2D eigenvalue weighted by atomic mass is 10.1. The third kappa shape index (κ3) is 3.10. The highest BCUT2D eigenvalue weighted by Gasteiger charge is 2.34. The molecule has 7 nitrogen and oxygen atoms in total. The first kappa shape index (κ1) is 17.4. The van der Waals surface area contributed by atoms with E-state index < -0.39 is 23.8 Å². The van der Waals surface area contributed by atoms with Crippen molar-refractivity contribution in [2.75, 3.05) is 62.3 Å². The fraction of sp³-hybridized carbons (Fsp3) is 0.588. The molecule has 1 aromatic carbocycles. The van der Waals surface area contributed by atoms with Gasteiger partial charge in [-0.15, -0.1) is 0 Å². The SMILES string of the molecule is NCC1CN(c2cc(F)c(N3CCN(C4COC4)CC3)c(F)c2)C(=O)O1. The molecule has 1 aromatic rings. The zero-order valence-electron chi connectivity index (χ0n) is 14.4. The third-order valence-corrected chi connectivity index (χ3v) is 5.22. The molecule has 3 heterocycles. The molecule has 1 atom stereocenters. The van der Waals surface area contributed by atoms with Crippen molar-refractivity contribution in [3.8, 4) is 0 Å². The summed E-state index contributed by atoms with van der Waals surface area (Å²) in [6.07, 6.45) is -1.10. The predicted molar refractivity (Wildman–Crippen MR) is 91.4 cm³/mol. The van der Waals surface area contributed by atoms with Gasteiger partial charge in [-0.05, 0) is 0 Å². The molecule has 2 N–H and O–H groups in total. The molecule has 0 aliphatic carbocycles. The molecule has 3 aliphatic rings. The van der Waals surface area contributed by atoms with Gasteiger partial charge in [0, 0.05) is 44.9 Å². The minimum absolute atomic E-state index is 0.0406. The number of benzene rings is 1. The molecule has 4 rings (SSSR count). The third-order valence-electron chi connectivity index (χ3n) is 5.22. The molecule has 1 unspecified atom stereocenters. The smallest absolute Gasteiger partial charge is 0.414 e. The van der Waals surface area contributed by atoms with Crippen LogP contribution in [-0.2, 0) is 9.47 Å². The number of carbonyl (C=O) groups excluding carboxylic acids is 1. The summed E-state index contributed by atoms with van der Waals surface area (Å²) in [6, 6.07) is 2.79. The van der Waals surface area contributed by atoms with Gasteiger partial charge < -0.3 is 20.1 Å². The largest absolute Gasteiger partial charge is 0.443 e. The zero-order valence-corrected chi connectivity index (χ0v) is 14.4. The van der Waals surface area contributed by atoms with Crippen molar-refractivity contribution in [2.24, 2.45) is 5.73 Å². The monoisotopic (exact) mass is 368 g/mol. The normalized spacial score (nSPS) is 24.7. The van der Waals surface area contributed by atoms with E-state index >= 15 is 0 Å². The number of ether oxygens (including phenoxy) is 2. The van der Waals surface area contributed by atoms with Crippen LogP contribution in [0.1, 0.15) is 0 Å². The van der Waals surface area contributed by atoms with E-state index in [1.807, 2.05) is 0 Å². The molecule has 0 saturated carbocycles. The molecule has 0 bridgehead atoms. The Kier molecular flexibility index (Phi) is 4.68. The van der Waals surface area contributed by atoms with Crippen LogP contribution in [-0.4, -0.2) is 75.6 Å². The van der Waals surface area contributed by atoms with E-state index in [1.54, 1.807) is 4.90 Å². The topological polar surface area (TPSA) is 71.3 Å². The van der Waals surface area contributed by atoms with Gasteiger partial charge in [-0.2, -0.15) is 0 Å². The number of nitrogens with two attached hydrogens (primary N) is 1. The number of carbonyl (C=O) groups is 1. The average Bonchev–Trinajstić information content (AvgIpc) is 2.95. The maximum atomic E-state index is 14.7. The van der Waals surface area contributed by atoms with Crippen LogP contribution in [0.4, 0.5) is 25.0 Å². The summed E-state index contributed by atoms with van der Waals surface area (Å²) in [4.78, 5) is 17.1. The highest BCUT2D eigenvalue weighted by atomic mass is 19.1. The Morgan fingerprint density at radius 1 is 1.12 bits per heavy atom. The van der Waals surface area contributed by atoms with Crippen LogP contribution in [0.2, 0.25) is 0 Å². The van der Waals surface area contributed by atoms with Gasteiger partial charge >= 0.3 is 6.09 Å². The van der Waals surface area contributed by atoms with Crippen LogP contribution >= 0.6 is 0 Å². The van der Waals surface area contributed by atoms with Crippen molar-refractivity contribution in [3.63, 3.8) is 0 Å². The first-order valence-corrected chi connectivity index (χ1v) is 8.81. The fourth-order valence-electron chi connectivity index (χ4n) is 3.61. The van der Waals surface area contributed by atoms with E-state index in [4.69, 9.17) is 15.2 Å². The van der Waals surface area contributed by atoms with Crippen LogP contribution in [0.15, 0.2) is 12.1 Å². The van der Waals surface area contributed by atoms with Gasteiger partial charge in [0.15, 0.2) is 11.6 Å². The molecule has 0 spiro atoms. The van der Waals surface area contributed by atoms with E-state index in [2.05, 4.69) is 4.90 Å². The fourth-order valence-corrected chi connectivity index (χ4v) is 3.61. The highest BCUT2D eigenvalue weighted by molar-refractivity contribution is 5.90. The second-order valence-corrected chi connectivity index (χ2v) is 6.82. The van der Waals surface area contributed by atoms with E-state index in [-0.39, 0.29) is 24.5 Å². The Bertz CT molecular complexity index is 670. The molecule has 0 radical (unpaired) electrons. The van der Waals surface area contributed by atoms with Crippen LogP contribution in [0.5, 0.6) is 0 Å². The Hall–Kier alpha value is -1.97. The summed E-state index contributed by atoms with van der Waals surface area (Å²) in [6.45, 7) is 4.39. The Balaban J connectivity index is 1.49. The molecule has 142 valence electrons. The maximum absolute atomic E-state index is 14.7.